The highest BCUT2D eigenvalue weighted by Crippen LogP contribution is 2.16. The minimum atomic E-state index is -0.0425. The zero-order valence-electron chi connectivity index (χ0n) is 10.8. The standard InChI is InChI=1S/C13H15N5O/c1-9-6-10(17-16-9)11-7-14-8-12(15-11)13(19)18-4-2-3-5-18/h6-8H,2-5H2,1H3,(H,16,17). The number of likely N-dealkylation sites (tertiary alicyclic amines) is 1. The Balaban J connectivity index is 1.89. The van der Waals surface area contributed by atoms with Crippen LogP contribution in [0, 0.1) is 6.92 Å². The average Bonchev–Trinajstić information content (AvgIpc) is 3.09. The third kappa shape index (κ3) is 2.33. The second-order valence-corrected chi connectivity index (χ2v) is 4.73. The van der Waals surface area contributed by atoms with Crippen molar-refractivity contribution in [2.24, 2.45) is 0 Å². The molecule has 0 radical (unpaired) electrons. The normalized spacial score (nSPS) is 14.9. The van der Waals surface area contributed by atoms with E-state index in [4.69, 9.17) is 0 Å². The minimum Gasteiger partial charge on any atom is -0.337 e. The molecule has 0 atom stereocenters. The van der Waals surface area contributed by atoms with E-state index >= 15 is 0 Å². The van der Waals surface area contributed by atoms with Gasteiger partial charge in [-0.3, -0.25) is 14.9 Å². The second-order valence-electron chi connectivity index (χ2n) is 4.73. The predicted octanol–water partition coefficient (Wildman–Crippen LogP) is 1.41. The first-order valence-electron chi connectivity index (χ1n) is 6.38. The van der Waals surface area contributed by atoms with Gasteiger partial charge in [0, 0.05) is 18.8 Å². The summed E-state index contributed by atoms with van der Waals surface area (Å²) in [6.45, 7) is 3.54. The molecule has 98 valence electrons. The number of carbonyl (C=O) groups is 1. The van der Waals surface area contributed by atoms with Gasteiger partial charge in [0.15, 0.2) is 0 Å². The van der Waals surface area contributed by atoms with Gasteiger partial charge in [-0.15, -0.1) is 0 Å². The van der Waals surface area contributed by atoms with Crippen LogP contribution < -0.4 is 0 Å². The minimum absolute atomic E-state index is 0.0425. The summed E-state index contributed by atoms with van der Waals surface area (Å²) >= 11 is 0. The molecule has 0 aliphatic carbocycles. The number of carbonyl (C=O) groups excluding carboxylic acids is 1. The van der Waals surface area contributed by atoms with Crippen molar-refractivity contribution in [1.82, 2.24) is 25.1 Å². The maximum atomic E-state index is 12.2. The molecule has 3 heterocycles. The molecule has 1 saturated heterocycles. The molecule has 19 heavy (non-hydrogen) atoms. The lowest BCUT2D eigenvalue weighted by molar-refractivity contribution is 0.0786. The van der Waals surface area contributed by atoms with E-state index in [0.717, 1.165) is 31.6 Å². The number of aromatic amines is 1. The molecule has 3 rings (SSSR count). The molecule has 0 saturated carbocycles. The summed E-state index contributed by atoms with van der Waals surface area (Å²) in [5, 5.41) is 6.99. The molecule has 0 spiro atoms. The van der Waals surface area contributed by atoms with Gasteiger partial charge in [0.1, 0.15) is 17.1 Å². The zero-order valence-corrected chi connectivity index (χ0v) is 10.8. The van der Waals surface area contributed by atoms with E-state index in [9.17, 15) is 4.79 Å². The van der Waals surface area contributed by atoms with E-state index in [-0.39, 0.29) is 5.91 Å². The Morgan fingerprint density at radius 2 is 2.05 bits per heavy atom. The summed E-state index contributed by atoms with van der Waals surface area (Å²) in [6, 6.07) is 1.88. The summed E-state index contributed by atoms with van der Waals surface area (Å²) in [5.41, 5.74) is 2.67. The van der Waals surface area contributed by atoms with Crippen LogP contribution in [0.2, 0.25) is 0 Å². The van der Waals surface area contributed by atoms with Crippen LogP contribution in [0.1, 0.15) is 29.0 Å². The lowest BCUT2D eigenvalue weighted by Crippen LogP contribution is -2.28. The smallest absolute Gasteiger partial charge is 0.274 e. The molecule has 2 aromatic heterocycles. The first-order chi connectivity index (χ1) is 9.24. The molecule has 0 bridgehead atoms. The molecule has 1 fully saturated rings. The molecule has 6 nitrogen and oxygen atoms in total. The summed E-state index contributed by atoms with van der Waals surface area (Å²) < 4.78 is 0. The third-order valence-electron chi connectivity index (χ3n) is 3.22. The highest BCUT2D eigenvalue weighted by atomic mass is 16.2. The summed E-state index contributed by atoms with van der Waals surface area (Å²) in [4.78, 5) is 22.5. The number of hydrogen-bond acceptors (Lipinski definition) is 4. The van der Waals surface area contributed by atoms with E-state index in [0.29, 0.717) is 17.1 Å². The fraction of sp³-hybridized carbons (Fsp3) is 0.385. The van der Waals surface area contributed by atoms with Gasteiger partial charge in [0.25, 0.3) is 5.91 Å². The number of aromatic nitrogens is 4. The number of hydrogen-bond donors (Lipinski definition) is 1. The Morgan fingerprint density at radius 1 is 1.26 bits per heavy atom. The van der Waals surface area contributed by atoms with Crippen molar-refractivity contribution in [2.75, 3.05) is 13.1 Å². The monoisotopic (exact) mass is 257 g/mol. The quantitative estimate of drug-likeness (QED) is 0.882. The van der Waals surface area contributed by atoms with Gasteiger partial charge < -0.3 is 4.90 Å². The fourth-order valence-corrected chi connectivity index (χ4v) is 2.22. The summed E-state index contributed by atoms with van der Waals surface area (Å²) in [6.07, 6.45) is 5.27. The number of aryl methyl sites for hydroxylation is 1. The van der Waals surface area contributed by atoms with Crippen LogP contribution in [0.25, 0.3) is 11.4 Å². The molecule has 2 aromatic rings. The molecule has 1 aliphatic rings. The first kappa shape index (κ1) is 11.8. The lowest BCUT2D eigenvalue weighted by atomic mass is 10.3. The van der Waals surface area contributed by atoms with Gasteiger partial charge in [0.05, 0.1) is 12.4 Å². The van der Waals surface area contributed by atoms with E-state index in [1.54, 1.807) is 6.20 Å². The third-order valence-corrected chi connectivity index (χ3v) is 3.22. The first-order valence-corrected chi connectivity index (χ1v) is 6.38. The van der Waals surface area contributed by atoms with Crippen LogP contribution in [0.15, 0.2) is 18.5 Å². The number of H-pyrrole nitrogens is 1. The van der Waals surface area contributed by atoms with Crippen LogP contribution in [0.4, 0.5) is 0 Å². The molecule has 1 amide bonds. The van der Waals surface area contributed by atoms with Crippen molar-refractivity contribution >= 4 is 5.91 Å². The fourth-order valence-electron chi connectivity index (χ4n) is 2.22. The van der Waals surface area contributed by atoms with Crippen molar-refractivity contribution in [2.45, 2.75) is 19.8 Å². The maximum absolute atomic E-state index is 12.2. The number of nitrogens with one attached hydrogen (secondary N) is 1. The van der Waals surface area contributed by atoms with Gasteiger partial charge in [-0.1, -0.05) is 0 Å². The summed E-state index contributed by atoms with van der Waals surface area (Å²) in [7, 11) is 0. The molecule has 1 N–H and O–H groups in total. The van der Waals surface area contributed by atoms with Crippen LogP contribution in [0.3, 0.4) is 0 Å². The lowest BCUT2D eigenvalue weighted by Gasteiger charge is -2.14. The van der Waals surface area contributed by atoms with Crippen molar-refractivity contribution < 1.29 is 4.79 Å². The zero-order chi connectivity index (χ0) is 13.2. The van der Waals surface area contributed by atoms with E-state index < -0.39 is 0 Å². The summed E-state index contributed by atoms with van der Waals surface area (Å²) in [5.74, 6) is -0.0425. The van der Waals surface area contributed by atoms with Crippen LogP contribution in [-0.2, 0) is 0 Å². The van der Waals surface area contributed by atoms with E-state index in [1.807, 2.05) is 17.9 Å². The Labute approximate surface area is 110 Å². The topological polar surface area (TPSA) is 74.8 Å². The predicted molar refractivity (Wildman–Crippen MR) is 69.5 cm³/mol. The Bertz CT molecular complexity index is 601. The number of amides is 1. The Morgan fingerprint density at radius 3 is 2.74 bits per heavy atom. The largest absolute Gasteiger partial charge is 0.337 e. The number of rotatable bonds is 2. The van der Waals surface area contributed by atoms with Crippen LogP contribution >= 0.6 is 0 Å². The van der Waals surface area contributed by atoms with Gasteiger partial charge >= 0.3 is 0 Å². The highest BCUT2D eigenvalue weighted by molar-refractivity contribution is 5.92. The average molecular weight is 257 g/mol. The second kappa shape index (κ2) is 4.79. The highest BCUT2D eigenvalue weighted by Gasteiger charge is 2.21. The molecular formula is C13H15N5O. The van der Waals surface area contributed by atoms with Crippen LogP contribution in [-0.4, -0.2) is 44.1 Å². The Kier molecular flexibility index (Phi) is 2.98. The van der Waals surface area contributed by atoms with Crippen molar-refractivity contribution in [3.8, 4) is 11.4 Å². The molecule has 1 aliphatic heterocycles. The molecule has 0 unspecified atom stereocenters. The Hall–Kier alpha value is -2.24. The van der Waals surface area contributed by atoms with Crippen molar-refractivity contribution in [3.05, 3.63) is 29.8 Å². The molecule has 0 aromatic carbocycles. The van der Waals surface area contributed by atoms with Crippen molar-refractivity contribution in [3.63, 3.8) is 0 Å². The maximum Gasteiger partial charge on any atom is 0.274 e. The molecular weight excluding hydrogens is 242 g/mol. The number of nitrogens with zero attached hydrogens (tertiary/aromatic N) is 4. The van der Waals surface area contributed by atoms with Crippen LogP contribution in [0.5, 0.6) is 0 Å². The van der Waals surface area contributed by atoms with E-state index in [2.05, 4.69) is 20.2 Å². The molecule has 6 heteroatoms. The van der Waals surface area contributed by atoms with Gasteiger partial charge in [-0.2, -0.15) is 5.10 Å². The SMILES string of the molecule is Cc1cc(-c2cncc(C(=O)N3CCCC3)n2)n[nH]1. The van der Waals surface area contributed by atoms with Crippen molar-refractivity contribution in [1.29, 1.82) is 0 Å². The van der Waals surface area contributed by atoms with Gasteiger partial charge in [-0.05, 0) is 25.8 Å². The van der Waals surface area contributed by atoms with Gasteiger partial charge in [-0.25, -0.2) is 4.98 Å². The van der Waals surface area contributed by atoms with Gasteiger partial charge in [0.2, 0.25) is 0 Å². The van der Waals surface area contributed by atoms with E-state index in [1.165, 1.54) is 6.20 Å².